The molecule has 2 atom stereocenters. The summed E-state index contributed by atoms with van der Waals surface area (Å²) in [7, 11) is 2.71. The zero-order valence-corrected chi connectivity index (χ0v) is 17.7. The minimum Gasteiger partial charge on any atom is -0.493 e. The summed E-state index contributed by atoms with van der Waals surface area (Å²) in [4.78, 5) is 24.4. The minimum atomic E-state index is -1.56. The monoisotopic (exact) mass is 419 g/mol. The molecule has 0 amide bonds. The first-order valence-electron chi connectivity index (χ1n) is 8.93. The number of aryl methyl sites for hydroxylation is 1. The van der Waals surface area contributed by atoms with Gasteiger partial charge in [-0.05, 0) is 36.8 Å². The Kier molecular flexibility index (Phi) is 8.35. The number of benzene rings is 2. The summed E-state index contributed by atoms with van der Waals surface area (Å²) >= 11 is 0. The first-order chi connectivity index (χ1) is 13.9. The van der Waals surface area contributed by atoms with E-state index in [0.717, 1.165) is 5.56 Å². The number of carbonyl (C=O) groups excluding carboxylic acids is 2. The molecule has 1 N–H and O–H groups in total. The normalized spacial score (nSPS) is 12.7. The van der Waals surface area contributed by atoms with Crippen molar-refractivity contribution in [1.29, 1.82) is 0 Å². The zero-order valence-electron chi connectivity index (χ0n) is 16.9. The van der Waals surface area contributed by atoms with Gasteiger partial charge < -0.3 is 14.2 Å². The molecule has 156 valence electrons. The lowest BCUT2D eigenvalue weighted by atomic mass is 10.0. The average molecular weight is 419 g/mol. The summed E-state index contributed by atoms with van der Waals surface area (Å²) < 4.78 is 30.9. The van der Waals surface area contributed by atoms with Gasteiger partial charge in [-0.1, -0.05) is 23.8 Å². The van der Waals surface area contributed by atoms with E-state index in [-0.39, 0.29) is 18.6 Å². The van der Waals surface area contributed by atoms with Crippen molar-refractivity contribution in [3.63, 3.8) is 0 Å². The summed E-state index contributed by atoms with van der Waals surface area (Å²) in [5.74, 6) is 0.0830. The Morgan fingerprint density at radius 2 is 1.66 bits per heavy atom. The maximum absolute atomic E-state index is 12.8. The highest BCUT2D eigenvalue weighted by Crippen LogP contribution is 2.31. The van der Waals surface area contributed by atoms with Crippen LogP contribution in [0.2, 0.25) is 0 Å². The van der Waals surface area contributed by atoms with E-state index in [1.165, 1.54) is 21.3 Å². The van der Waals surface area contributed by atoms with Crippen molar-refractivity contribution in [2.75, 3.05) is 21.3 Å². The number of hydrogen-bond acceptors (Lipinski definition) is 6. The first-order valence-corrected chi connectivity index (χ1v) is 10.1. The van der Waals surface area contributed by atoms with Gasteiger partial charge in [0, 0.05) is 6.42 Å². The molecular weight excluding hydrogens is 394 g/mol. The highest BCUT2D eigenvalue weighted by molar-refractivity contribution is 7.83. The number of nitrogens with one attached hydrogen (secondary N) is 1. The van der Waals surface area contributed by atoms with Gasteiger partial charge >= 0.3 is 5.97 Å². The van der Waals surface area contributed by atoms with Gasteiger partial charge in [-0.15, -0.1) is 0 Å². The van der Waals surface area contributed by atoms with E-state index in [4.69, 9.17) is 9.47 Å². The van der Waals surface area contributed by atoms with E-state index < -0.39 is 23.0 Å². The highest BCUT2D eigenvalue weighted by Gasteiger charge is 2.22. The average Bonchev–Trinajstić information content (AvgIpc) is 2.72. The fraction of sp³-hybridized carbons (Fsp3) is 0.333. The molecule has 0 heterocycles. The van der Waals surface area contributed by atoms with E-state index in [9.17, 15) is 13.8 Å². The van der Waals surface area contributed by atoms with Gasteiger partial charge in [0.05, 0.1) is 32.3 Å². The Morgan fingerprint density at radius 3 is 2.24 bits per heavy atom. The standard InChI is InChI=1S/C21H25NO6S/c1-14-5-8-17(9-6-14)29(25)22-18(12-16(23)13-21(24)28-4)15-7-10-19(26-2)20(11-15)27-3/h5-11,18,22H,12-13H2,1-4H3/t18-,29?/m0/s1. The number of rotatable bonds is 10. The number of esters is 1. The zero-order chi connectivity index (χ0) is 21.4. The first kappa shape index (κ1) is 22.6. The van der Waals surface area contributed by atoms with Crippen LogP contribution >= 0.6 is 0 Å². The second-order valence-corrected chi connectivity index (χ2v) is 7.61. The molecule has 2 rings (SSSR count). The van der Waals surface area contributed by atoms with Crippen LogP contribution in [0.4, 0.5) is 0 Å². The van der Waals surface area contributed by atoms with E-state index in [1.807, 2.05) is 19.1 Å². The molecule has 2 aromatic rings. The Labute approximate surface area is 172 Å². The molecule has 0 spiro atoms. The third-order valence-electron chi connectivity index (χ3n) is 4.30. The maximum atomic E-state index is 12.8. The summed E-state index contributed by atoms with van der Waals surface area (Å²) in [6.07, 6.45) is -0.388. The fourth-order valence-electron chi connectivity index (χ4n) is 2.69. The van der Waals surface area contributed by atoms with E-state index in [0.29, 0.717) is 22.0 Å². The van der Waals surface area contributed by atoms with Crippen LogP contribution in [0, 0.1) is 6.92 Å². The fourth-order valence-corrected chi connectivity index (χ4v) is 3.69. The molecule has 8 heteroatoms. The molecule has 0 saturated heterocycles. The van der Waals surface area contributed by atoms with Crippen LogP contribution in [0.1, 0.15) is 30.0 Å². The van der Waals surface area contributed by atoms with Gasteiger partial charge in [-0.2, -0.15) is 0 Å². The van der Waals surface area contributed by atoms with Gasteiger partial charge in [0.15, 0.2) is 11.5 Å². The van der Waals surface area contributed by atoms with Crippen LogP contribution in [-0.4, -0.2) is 37.3 Å². The molecule has 0 saturated carbocycles. The van der Waals surface area contributed by atoms with Crippen LogP contribution in [0.25, 0.3) is 0 Å². The Morgan fingerprint density at radius 1 is 1.00 bits per heavy atom. The van der Waals surface area contributed by atoms with E-state index in [1.54, 1.807) is 30.3 Å². The van der Waals surface area contributed by atoms with Crippen molar-refractivity contribution in [3.05, 3.63) is 53.6 Å². The van der Waals surface area contributed by atoms with E-state index in [2.05, 4.69) is 9.46 Å². The molecule has 29 heavy (non-hydrogen) atoms. The molecule has 0 aromatic heterocycles. The summed E-state index contributed by atoms with van der Waals surface area (Å²) in [5, 5.41) is 0. The Bertz CT molecular complexity index is 881. The highest BCUT2D eigenvalue weighted by atomic mass is 32.2. The molecule has 0 bridgehead atoms. The summed E-state index contributed by atoms with van der Waals surface area (Å²) in [6.45, 7) is 1.94. The lowest BCUT2D eigenvalue weighted by Crippen LogP contribution is -2.27. The third-order valence-corrected chi connectivity index (χ3v) is 5.49. The smallest absolute Gasteiger partial charge is 0.313 e. The molecule has 0 aliphatic heterocycles. The number of Topliss-reactive ketones (excluding diaryl/α,β-unsaturated/α-hetero) is 1. The minimum absolute atomic E-state index is 0.0395. The van der Waals surface area contributed by atoms with Crippen LogP contribution in [0.3, 0.4) is 0 Å². The van der Waals surface area contributed by atoms with Crippen LogP contribution in [0.15, 0.2) is 47.4 Å². The third kappa shape index (κ3) is 6.40. The summed E-state index contributed by atoms with van der Waals surface area (Å²) in [5.41, 5.74) is 1.73. The Balaban J connectivity index is 2.29. The Hall–Kier alpha value is -2.71. The van der Waals surface area contributed by atoms with Gasteiger partial charge in [0.1, 0.15) is 23.2 Å². The van der Waals surface area contributed by atoms with Crippen LogP contribution < -0.4 is 14.2 Å². The van der Waals surface area contributed by atoms with Gasteiger partial charge in [-0.3, -0.25) is 9.59 Å². The lowest BCUT2D eigenvalue weighted by Gasteiger charge is -2.19. The predicted octanol–water partition coefficient (Wildman–Crippen LogP) is 2.89. The molecule has 0 aliphatic carbocycles. The molecule has 2 aromatic carbocycles. The molecule has 1 unspecified atom stereocenters. The molecule has 7 nitrogen and oxygen atoms in total. The van der Waals surface area contributed by atoms with Crippen molar-refractivity contribution in [2.45, 2.75) is 30.7 Å². The topological polar surface area (TPSA) is 90.9 Å². The van der Waals surface area contributed by atoms with Crippen LogP contribution in [-0.2, 0) is 25.3 Å². The van der Waals surface area contributed by atoms with Crippen molar-refractivity contribution < 1.29 is 28.0 Å². The maximum Gasteiger partial charge on any atom is 0.313 e. The molecule has 0 radical (unpaired) electrons. The van der Waals surface area contributed by atoms with Crippen LogP contribution in [0.5, 0.6) is 11.5 Å². The largest absolute Gasteiger partial charge is 0.493 e. The predicted molar refractivity (Wildman–Crippen MR) is 109 cm³/mol. The SMILES string of the molecule is COC(=O)CC(=O)C[C@H](NS(=O)c1ccc(C)cc1)c1ccc(OC)c(OC)c1. The number of methoxy groups -OCH3 is 3. The van der Waals surface area contributed by atoms with Gasteiger partial charge in [-0.25, -0.2) is 8.93 Å². The molecule has 0 fully saturated rings. The second kappa shape index (κ2) is 10.7. The van der Waals surface area contributed by atoms with Gasteiger partial charge in [0.25, 0.3) is 0 Å². The second-order valence-electron chi connectivity index (χ2n) is 6.36. The summed E-state index contributed by atoms with van der Waals surface area (Å²) in [6, 6.07) is 11.8. The number of hydrogen-bond donors (Lipinski definition) is 1. The van der Waals surface area contributed by atoms with Gasteiger partial charge in [0.2, 0.25) is 0 Å². The van der Waals surface area contributed by atoms with Crippen molar-refractivity contribution >= 4 is 22.7 Å². The van der Waals surface area contributed by atoms with E-state index >= 15 is 0 Å². The van der Waals surface area contributed by atoms with Crippen molar-refractivity contribution in [2.24, 2.45) is 0 Å². The number of carbonyl (C=O) groups is 2. The van der Waals surface area contributed by atoms with Crippen molar-refractivity contribution in [1.82, 2.24) is 4.72 Å². The number of ether oxygens (including phenoxy) is 3. The number of ketones is 1. The quantitative estimate of drug-likeness (QED) is 0.470. The van der Waals surface area contributed by atoms with Crippen molar-refractivity contribution in [3.8, 4) is 11.5 Å². The molecular formula is C21H25NO6S. The molecule has 0 aliphatic rings. The lowest BCUT2D eigenvalue weighted by molar-refractivity contribution is -0.143.